The molecule has 23 heavy (non-hydrogen) atoms. The summed E-state index contributed by atoms with van der Waals surface area (Å²) in [5, 5.41) is 0.721. The van der Waals surface area contributed by atoms with E-state index in [0.717, 1.165) is 41.9 Å². The molecule has 1 aliphatic heterocycles. The van der Waals surface area contributed by atoms with Gasteiger partial charge in [-0.05, 0) is 43.3 Å². The minimum absolute atomic E-state index is 0.365. The van der Waals surface area contributed by atoms with Crippen molar-refractivity contribution in [2.24, 2.45) is 0 Å². The summed E-state index contributed by atoms with van der Waals surface area (Å²) in [5.74, 6) is 1.53. The van der Waals surface area contributed by atoms with Crippen LogP contribution in [0.3, 0.4) is 0 Å². The van der Waals surface area contributed by atoms with Gasteiger partial charge in [-0.3, -0.25) is 4.90 Å². The van der Waals surface area contributed by atoms with Crippen molar-refractivity contribution in [2.75, 3.05) is 6.54 Å². The standard InChI is InChI=1S/C18H18ClN3O/c1-13-16-3-2-8-21(16)9-10-22(13)12-18-20-11-17(23-18)14-4-6-15(19)7-5-14/h2-8,11,13H,9-10,12H2,1H3. The van der Waals surface area contributed by atoms with Gasteiger partial charge in [0.2, 0.25) is 5.89 Å². The maximum atomic E-state index is 5.93. The molecular weight excluding hydrogens is 310 g/mol. The van der Waals surface area contributed by atoms with Gasteiger partial charge in [-0.1, -0.05) is 11.6 Å². The molecule has 0 N–H and O–H groups in total. The van der Waals surface area contributed by atoms with Gasteiger partial charge < -0.3 is 8.98 Å². The van der Waals surface area contributed by atoms with Crippen LogP contribution in [0.2, 0.25) is 5.02 Å². The van der Waals surface area contributed by atoms with Crippen molar-refractivity contribution in [2.45, 2.75) is 26.1 Å². The highest BCUT2D eigenvalue weighted by Gasteiger charge is 2.24. The average Bonchev–Trinajstić information content (AvgIpc) is 3.20. The molecule has 1 aliphatic rings. The van der Waals surface area contributed by atoms with Crippen LogP contribution in [-0.4, -0.2) is 21.0 Å². The van der Waals surface area contributed by atoms with E-state index in [9.17, 15) is 0 Å². The lowest BCUT2D eigenvalue weighted by molar-refractivity contribution is 0.147. The minimum atomic E-state index is 0.365. The Morgan fingerprint density at radius 2 is 2.04 bits per heavy atom. The van der Waals surface area contributed by atoms with Crippen molar-refractivity contribution in [1.29, 1.82) is 0 Å². The summed E-state index contributed by atoms with van der Waals surface area (Å²) in [6, 6.07) is 12.3. The van der Waals surface area contributed by atoms with Crippen LogP contribution in [0.1, 0.15) is 24.6 Å². The first kappa shape index (κ1) is 14.5. The second-order valence-corrected chi connectivity index (χ2v) is 6.33. The Bertz CT molecular complexity index is 806. The second kappa shape index (κ2) is 5.87. The monoisotopic (exact) mass is 327 g/mol. The molecule has 1 unspecified atom stereocenters. The zero-order valence-corrected chi connectivity index (χ0v) is 13.7. The van der Waals surface area contributed by atoms with Gasteiger partial charge in [0.1, 0.15) is 0 Å². The summed E-state index contributed by atoms with van der Waals surface area (Å²) < 4.78 is 8.24. The van der Waals surface area contributed by atoms with Gasteiger partial charge in [-0.25, -0.2) is 4.98 Å². The number of nitrogens with zero attached hydrogens (tertiary/aromatic N) is 3. The fourth-order valence-electron chi connectivity index (χ4n) is 3.15. The summed E-state index contributed by atoms with van der Waals surface area (Å²) in [6.45, 7) is 4.97. The summed E-state index contributed by atoms with van der Waals surface area (Å²) in [6.07, 6.45) is 3.93. The lowest BCUT2D eigenvalue weighted by Gasteiger charge is -2.33. The zero-order chi connectivity index (χ0) is 15.8. The van der Waals surface area contributed by atoms with Crippen LogP contribution < -0.4 is 0 Å². The van der Waals surface area contributed by atoms with Crippen molar-refractivity contribution in [3.8, 4) is 11.3 Å². The molecule has 0 aliphatic carbocycles. The van der Waals surface area contributed by atoms with Gasteiger partial charge in [-0.15, -0.1) is 0 Å². The van der Waals surface area contributed by atoms with E-state index in [-0.39, 0.29) is 0 Å². The van der Waals surface area contributed by atoms with Crippen molar-refractivity contribution in [1.82, 2.24) is 14.5 Å². The molecule has 0 fully saturated rings. The molecule has 1 aromatic carbocycles. The van der Waals surface area contributed by atoms with Crippen LogP contribution in [0.15, 0.2) is 53.2 Å². The highest BCUT2D eigenvalue weighted by molar-refractivity contribution is 6.30. The van der Waals surface area contributed by atoms with Crippen LogP contribution in [0, 0.1) is 0 Å². The third-order valence-corrected chi connectivity index (χ3v) is 4.74. The normalized spacial score (nSPS) is 18.1. The predicted octanol–water partition coefficient (Wildman–Crippen LogP) is 4.37. The van der Waals surface area contributed by atoms with E-state index < -0.39 is 0 Å². The number of fused-ring (bicyclic) bond motifs is 1. The number of hydrogen-bond donors (Lipinski definition) is 0. The fourth-order valence-corrected chi connectivity index (χ4v) is 3.27. The molecule has 0 radical (unpaired) electrons. The summed E-state index contributed by atoms with van der Waals surface area (Å²) in [7, 11) is 0. The number of oxazole rings is 1. The third-order valence-electron chi connectivity index (χ3n) is 4.49. The van der Waals surface area contributed by atoms with Crippen LogP contribution in [0.5, 0.6) is 0 Å². The number of rotatable bonds is 3. The fraction of sp³-hybridized carbons (Fsp3) is 0.278. The van der Waals surface area contributed by atoms with Crippen LogP contribution in [0.25, 0.3) is 11.3 Å². The summed E-state index contributed by atoms with van der Waals surface area (Å²) in [5.41, 5.74) is 2.34. The lowest BCUT2D eigenvalue weighted by atomic mass is 10.1. The Balaban J connectivity index is 1.51. The van der Waals surface area contributed by atoms with Crippen molar-refractivity contribution < 1.29 is 4.42 Å². The van der Waals surface area contributed by atoms with Gasteiger partial charge in [-0.2, -0.15) is 0 Å². The SMILES string of the molecule is CC1c2cccn2CCN1Cc1ncc(-c2ccc(Cl)cc2)o1. The van der Waals surface area contributed by atoms with Crippen molar-refractivity contribution in [3.63, 3.8) is 0 Å². The molecule has 4 rings (SSSR count). The molecule has 5 heteroatoms. The molecule has 0 spiro atoms. The highest BCUT2D eigenvalue weighted by atomic mass is 35.5. The highest BCUT2D eigenvalue weighted by Crippen LogP contribution is 2.28. The topological polar surface area (TPSA) is 34.2 Å². The molecule has 4 nitrogen and oxygen atoms in total. The van der Waals surface area contributed by atoms with Gasteiger partial charge in [0, 0.05) is 41.6 Å². The van der Waals surface area contributed by atoms with Gasteiger partial charge >= 0.3 is 0 Å². The maximum Gasteiger partial charge on any atom is 0.209 e. The molecule has 2 aromatic heterocycles. The Kier molecular flexibility index (Phi) is 3.71. The lowest BCUT2D eigenvalue weighted by Crippen LogP contribution is -2.35. The van der Waals surface area contributed by atoms with Crippen LogP contribution in [-0.2, 0) is 13.1 Å². The Morgan fingerprint density at radius 3 is 2.87 bits per heavy atom. The van der Waals surface area contributed by atoms with E-state index in [2.05, 4.69) is 39.7 Å². The molecular formula is C18H18ClN3O. The van der Waals surface area contributed by atoms with Gasteiger partial charge in [0.15, 0.2) is 5.76 Å². The molecule has 3 heterocycles. The number of benzene rings is 1. The number of halogens is 1. The van der Waals surface area contributed by atoms with E-state index in [1.165, 1.54) is 5.69 Å². The molecule has 0 saturated carbocycles. The second-order valence-electron chi connectivity index (χ2n) is 5.90. The molecule has 0 bridgehead atoms. The molecule has 1 atom stereocenters. The Hall–Kier alpha value is -2.04. The Morgan fingerprint density at radius 1 is 1.22 bits per heavy atom. The van der Waals surface area contributed by atoms with E-state index in [1.807, 2.05) is 24.3 Å². The minimum Gasteiger partial charge on any atom is -0.439 e. The summed E-state index contributed by atoms with van der Waals surface area (Å²) in [4.78, 5) is 6.83. The van der Waals surface area contributed by atoms with E-state index >= 15 is 0 Å². The average molecular weight is 328 g/mol. The first-order chi connectivity index (χ1) is 11.2. The van der Waals surface area contributed by atoms with Crippen LogP contribution in [0.4, 0.5) is 0 Å². The van der Waals surface area contributed by atoms with E-state index in [0.29, 0.717) is 6.04 Å². The van der Waals surface area contributed by atoms with Crippen LogP contribution >= 0.6 is 11.6 Å². The molecule has 118 valence electrons. The predicted molar refractivity (Wildman–Crippen MR) is 90.2 cm³/mol. The molecule has 0 amide bonds. The third kappa shape index (κ3) is 2.80. The van der Waals surface area contributed by atoms with Crippen molar-refractivity contribution in [3.05, 3.63) is 65.4 Å². The summed E-state index contributed by atoms with van der Waals surface area (Å²) >= 11 is 5.93. The number of hydrogen-bond acceptors (Lipinski definition) is 3. The Labute approximate surface area is 140 Å². The van der Waals surface area contributed by atoms with Gasteiger partial charge in [0.25, 0.3) is 0 Å². The van der Waals surface area contributed by atoms with E-state index in [1.54, 1.807) is 6.20 Å². The van der Waals surface area contributed by atoms with Gasteiger partial charge in [0.05, 0.1) is 12.7 Å². The van der Waals surface area contributed by atoms with Crippen molar-refractivity contribution >= 4 is 11.6 Å². The quantitative estimate of drug-likeness (QED) is 0.716. The smallest absolute Gasteiger partial charge is 0.209 e. The van der Waals surface area contributed by atoms with E-state index in [4.69, 9.17) is 16.0 Å². The molecule has 3 aromatic rings. The largest absolute Gasteiger partial charge is 0.439 e. The molecule has 0 saturated heterocycles. The zero-order valence-electron chi connectivity index (χ0n) is 12.9. The first-order valence-electron chi connectivity index (χ1n) is 7.80. The first-order valence-corrected chi connectivity index (χ1v) is 8.18. The maximum absolute atomic E-state index is 5.93. The number of aromatic nitrogens is 2.